The molecule has 2 heterocycles. The van der Waals surface area contributed by atoms with Crippen LogP contribution in [-0.4, -0.2) is 29.4 Å². The standard InChI is InChI=1S/C24H25ClF4N2O.ClH/c25-21-18(7-4-8-19(21)24(27,28)29)23(32)30-22(15-10-12-16(26)13-11-15)20-9-3-6-17-5-1-2-14-31(17)20;/h4,7-8,10-13,17,20,22H,1-3,5-6,9,14H2,(H,30,32);1H. The Hall–Kier alpha value is -1.83. The molecule has 0 spiro atoms. The lowest BCUT2D eigenvalue weighted by molar-refractivity contribution is -0.137. The van der Waals surface area contributed by atoms with Crippen molar-refractivity contribution in [1.29, 1.82) is 0 Å². The Morgan fingerprint density at radius 3 is 2.42 bits per heavy atom. The van der Waals surface area contributed by atoms with Crippen LogP contribution < -0.4 is 5.32 Å². The van der Waals surface area contributed by atoms with Crippen LogP contribution in [0.25, 0.3) is 0 Å². The number of benzene rings is 2. The van der Waals surface area contributed by atoms with E-state index < -0.39 is 28.7 Å². The lowest BCUT2D eigenvalue weighted by Gasteiger charge is -2.48. The zero-order valence-corrected chi connectivity index (χ0v) is 19.4. The molecule has 180 valence electrons. The Morgan fingerprint density at radius 1 is 1.03 bits per heavy atom. The minimum Gasteiger partial charge on any atom is -0.344 e. The Labute approximate surface area is 201 Å². The third-order valence-corrected chi connectivity index (χ3v) is 6.99. The molecule has 3 atom stereocenters. The van der Waals surface area contributed by atoms with Crippen LogP contribution in [0, 0.1) is 5.82 Å². The Balaban J connectivity index is 0.00000306. The summed E-state index contributed by atoms with van der Waals surface area (Å²) in [6.07, 6.45) is 1.62. The summed E-state index contributed by atoms with van der Waals surface area (Å²) in [5, 5.41) is 2.32. The van der Waals surface area contributed by atoms with Crippen molar-refractivity contribution in [2.75, 3.05) is 6.54 Å². The van der Waals surface area contributed by atoms with Crippen molar-refractivity contribution < 1.29 is 22.4 Å². The smallest absolute Gasteiger partial charge is 0.344 e. The summed E-state index contributed by atoms with van der Waals surface area (Å²) < 4.78 is 53.4. The third kappa shape index (κ3) is 5.64. The number of rotatable bonds is 4. The van der Waals surface area contributed by atoms with Gasteiger partial charge in [0, 0.05) is 12.1 Å². The van der Waals surface area contributed by atoms with Gasteiger partial charge in [0.15, 0.2) is 0 Å². The topological polar surface area (TPSA) is 32.3 Å². The Bertz CT molecular complexity index is 966. The molecule has 0 bridgehead atoms. The first-order valence-electron chi connectivity index (χ1n) is 10.9. The molecule has 3 unspecified atom stereocenters. The van der Waals surface area contributed by atoms with E-state index >= 15 is 0 Å². The SMILES string of the molecule is Cl.O=C(NC(c1ccc(F)cc1)C1CCCC2CCCCN21)c1cccc(C(F)(F)F)c1Cl. The predicted molar refractivity (Wildman–Crippen MR) is 122 cm³/mol. The molecule has 9 heteroatoms. The van der Waals surface area contributed by atoms with E-state index in [1.807, 2.05) is 0 Å². The monoisotopic (exact) mass is 504 g/mol. The summed E-state index contributed by atoms with van der Waals surface area (Å²) in [5.74, 6) is -1.06. The molecular weight excluding hydrogens is 479 g/mol. The van der Waals surface area contributed by atoms with E-state index in [-0.39, 0.29) is 29.8 Å². The molecule has 0 aliphatic carbocycles. The van der Waals surface area contributed by atoms with Crippen molar-refractivity contribution in [2.45, 2.75) is 62.8 Å². The number of nitrogens with zero attached hydrogens (tertiary/aromatic N) is 1. The highest BCUT2D eigenvalue weighted by Gasteiger charge is 2.39. The number of amides is 1. The molecule has 2 aliphatic rings. The van der Waals surface area contributed by atoms with E-state index in [1.165, 1.54) is 30.7 Å². The number of hydrogen-bond acceptors (Lipinski definition) is 2. The van der Waals surface area contributed by atoms with Gasteiger partial charge in [-0.1, -0.05) is 42.6 Å². The number of piperidine rings is 2. The maximum atomic E-state index is 13.6. The Morgan fingerprint density at radius 2 is 1.73 bits per heavy atom. The number of halogens is 6. The molecule has 0 saturated carbocycles. The number of alkyl halides is 3. The highest BCUT2D eigenvalue weighted by atomic mass is 35.5. The largest absolute Gasteiger partial charge is 0.417 e. The van der Waals surface area contributed by atoms with Crippen molar-refractivity contribution in [1.82, 2.24) is 10.2 Å². The van der Waals surface area contributed by atoms with Crippen molar-refractivity contribution >= 4 is 29.9 Å². The minimum absolute atomic E-state index is 0. The Kier molecular flexibility index (Phi) is 8.30. The van der Waals surface area contributed by atoms with Crippen LogP contribution in [0.5, 0.6) is 0 Å². The summed E-state index contributed by atoms with van der Waals surface area (Å²) in [6.45, 7) is 0.910. The second-order valence-electron chi connectivity index (χ2n) is 8.55. The molecule has 4 rings (SSSR count). The maximum absolute atomic E-state index is 13.6. The molecule has 2 aromatic carbocycles. The first kappa shape index (κ1) is 25.8. The van der Waals surface area contributed by atoms with Gasteiger partial charge >= 0.3 is 6.18 Å². The molecule has 2 aliphatic heterocycles. The van der Waals surface area contributed by atoms with Gasteiger partial charge in [0.1, 0.15) is 5.82 Å². The molecule has 2 fully saturated rings. The molecule has 1 N–H and O–H groups in total. The fourth-order valence-electron chi connectivity index (χ4n) is 5.07. The fraction of sp³-hybridized carbons (Fsp3) is 0.458. The van der Waals surface area contributed by atoms with Crippen molar-refractivity contribution in [3.05, 3.63) is 70.0 Å². The van der Waals surface area contributed by atoms with Crippen LogP contribution in [0.4, 0.5) is 17.6 Å². The van der Waals surface area contributed by atoms with Crippen LogP contribution in [-0.2, 0) is 6.18 Å². The van der Waals surface area contributed by atoms with Gasteiger partial charge in [0.05, 0.1) is 22.2 Å². The number of nitrogens with one attached hydrogen (secondary N) is 1. The van der Waals surface area contributed by atoms with Crippen LogP contribution in [0.3, 0.4) is 0 Å². The first-order valence-corrected chi connectivity index (χ1v) is 11.3. The molecule has 2 aromatic rings. The van der Waals surface area contributed by atoms with E-state index in [4.69, 9.17) is 11.6 Å². The van der Waals surface area contributed by atoms with Gasteiger partial charge in [-0.3, -0.25) is 9.69 Å². The molecule has 1 amide bonds. The van der Waals surface area contributed by atoms with E-state index in [9.17, 15) is 22.4 Å². The summed E-state index contributed by atoms with van der Waals surface area (Å²) in [6, 6.07) is 9.17. The van der Waals surface area contributed by atoms with Crippen molar-refractivity contribution in [2.24, 2.45) is 0 Å². The van der Waals surface area contributed by atoms with Gasteiger partial charge in [-0.25, -0.2) is 4.39 Å². The van der Waals surface area contributed by atoms with Gasteiger partial charge in [0.2, 0.25) is 0 Å². The molecule has 0 aromatic heterocycles. The van der Waals surface area contributed by atoms with Gasteiger partial charge in [0.25, 0.3) is 5.91 Å². The average Bonchev–Trinajstić information content (AvgIpc) is 2.77. The van der Waals surface area contributed by atoms with Gasteiger partial charge in [-0.2, -0.15) is 13.2 Å². The highest BCUT2D eigenvalue weighted by Crippen LogP contribution is 2.38. The molecule has 0 radical (unpaired) electrons. The number of carbonyl (C=O) groups is 1. The molecule has 33 heavy (non-hydrogen) atoms. The lowest BCUT2D eigenvalue weighted by atomic mass is 9.84. The van der Waals surface area contributed by atoms with Crippen LogP contribution in [0.15, 0.2) is 42.5 Å². The molecule has 3 nitrogen and oxygen atoms in total. The lowest BCUT2D eigenvalue weighted by Crippen LogP contribution is -2.54. The summed E-state index contributed by atoms with van der Waals surface area (Å²) in [5.41, 5.74) is -0.544. The van der Waals surface area contributed by atoms with E-state index in [1.54, 1.807) is 12.1 Å². The zero-order valence-electron chi connectivity index (χ0n) is 17.9. The number of fused-ring (bicyclic) bond motifs is 1. The van der Waals surface area contributed by atoms with Gasteiger partial charge in [-0.15, -0.1) is 12.4 Å². The number of carbonyl (C=O) groups excluding carboxylic acids is 1. The minimum atomic E-state index is -4.66. The first-order chi connectivity index (χ1) is 15.3. The fourth-order valence-corrected chi connectivity index (χ4v) is 5.39. The quantitative estimate of drug-likeness (QED) is 0.464. The summed E-state index contributed by atoms with van der Waals surface area (Å²) in [4.78, 5) is 15.6. The van der Waals surface area contributed by atoms with Gasteiger partial charge < -0.3 is 5.32 Å². The van der Waals surface area contributed by atoms with E-state index in [0.717, 1.165) is 50.3 Å². The second kappa shape index (κ2) is 10.6. The second-order valence-corrected chi connectivity index (χ2v) is 8.93. The van der Waals surface area contributed by atoms with E-state index in [0.29, 0.717) is 6.04 Å². The molecule has 2 saturated heterocycles. The van der Waals surface area contributed by atoms with Crippen LogP contribution in [0.2, 0.25) is 5.02 Å². The molecular formula is C24H26Cl2F4N2O. The van der Waals surface area contributed by atoms with Crippen LogP contribution in [0.1, 0.15) is 66.1 Å². The summed E-state index contributed by atoms with van der Waals surface area (Å²) in [7, 11) is 0. The maximum Gasteiger partial charge on any atom is 0.417 e. The third-order valence-electron chi connectivity index (χ3n) is 6.59. The van der Waals surface area contributed by atoms with E-state index in [2.05, 4.69) is 10.2 Å². The predicted octanol–water partition coefficient (Wildman–Crippen LogP) is 6.80. The van der Waals surface area contributed by atoms with Crippen molar-refractivity contribution in [3.63, 3.8) is 0 Å². The summed E-state index contributed by atoms with van der Waals surface area (Å²) >= 11 is 5.99. The normalized spacial score (nSPS) is 22.1. The average molecular weight is 505 g/mol. The zero-order chi connectivity index (χ0) is 22.9. The highest BCUT2D eigenvalue weighted by molar-refractivity contribution is 6.34. The van der Waals surface area contributed by atoms with Crippen LogP contribution >= 0.6 is 24.0 Å². The number of hydrogen-bond donors (Lipinski definition) is 1. The van der Waals surface area contributed by atoms with Crippen molar-refractivity contribution in [3.8, 4) is 0 Å². The van der Waals surface area contributed by atoms with Gasteiger partial charge in [-0.05, 0) is 62.1 Å².